The molecular weight excluding hydrogens is 488 g/mol. The van der Waals surface area contributed by atoms with Crippen LogP contribution in [-0.4, -0.2) is 45.1 Å². The molecule has 1 aliphatic rings. The summed E-state index contributed by atoms with van der Waals surface area (Å²) in [4.78, 5) is 39.5. The number of carbonyl (C=O) groups excluding carboxylic acids is 3. The number of benzene rings is 3. The number of nitrogens with one attached hydrogen (secondary N) is 3. The predicted octanol–water partition coefficient (Wildman–Crippen LogP) is 3.53. The van der Waals surface area contributed by atoms with Gasteiger partial charge in [0.25, 0.3) is 5.91 Å². The third-order valence-corrected chi connectivity index (χ3v) is 6.17. The molecule has 3 aromatic carbocycles. The molecule has 198 valence electrons. The molecule has 1 fully saturated rings. The molecule has 0 aromatic heterocycles. The van der Waals surface area contributed by atoms with Gasteiger partial charge in [-0.05, 0) is 55.0 Å². The van der Waals surface area contributed by atoms with Crippen molar-refractivity contribution in [2.24, 2.45) is 5.92 Å². The van der Waals surface area contributed by atoms with Gasteiger partial charge >= 0.3 is 0 Å². The van der Waals surface area contributed by atoms with E-state index < -0.39 is 5.92 Å². The largest absolute Gasteiger partial charge is 0.497 e. The molecule has 0 aliphatic carbocycles. The van der Waals surface area contributed by atoms with E-state index in [1.54, 1.807) is 54.5 Å². The summed E-state index contributed by atoms with van der Waals surface area (Å²) in [7, 11) is 3.05. The highest BCUT2D eigenvalue weighted by Gasteiger charge is 2.35. The second kappa shape index (κ2) is 12.0. The number of anilines is 3. The monoisotopic (exact) mass is 518 g/mol. The SMILES string of the molecule is COc1ccc(N2C[C@H](C(=O)NNc3cccc(OC)c3OCC(=O)Nc3ccccc3C)CC2=O)cc1. The van der Waals surface area contributed by atoms with E-state index in [0.717, 1.165) is 5.56 Å². The van der Waals surface area contributed by atoms with Gasteiger partial charge in [-0.15, -0.1) is 0 Å². The maximum atomic E-state index is 12.9. The Morgan fingerprint density at radius 2 is 1.68 bits per heavy atom. The highest BCUT2D eigenvalue weighted by atomic mass is 16.5. The van der Waals surface area contributed by atoms with Crippen LogP contribution in [0.5, 0.6) is 17.2 Å². The first-order chi connectivity index (χ1) is 18.4. The first-order valence-electron chi connectivity index (χ1n) is 12.0. The van der Waals surface area contributed by atoms with E-state index in [-0.39, 0.29) is 43.0 Å². The standard InChI is InChI=1S/C28H30N4O6/c1-18-7-4-5-8-22(18)29-25(33)17-38-27-23(9-6-10-24(27)37-3)30-31-28(35)19-15-26(34)32(16-19)20-11-13-21(36-2)14-12-20/h4-14,19,30H,15-17H2,1-3H3,(H,29,33)(H,31,35)/t19-/m1/s1. The Balaban J connectivity index is 1.37. The highest BCUT2D eigenvalue weighted by Crippen LogP contribution is 2.35. The van der Waals surface area contributed by atoms with Crippen LogP contribution in [0.2, 0.25) is 0 Å². The molecule has 1 heterocycles. The van der Waals surface area contributed by atoms with Gasteiger partial charge in [-0.25, -0.2) is 0 Å². The zero-order chi connectivity index (χ0) is 27.1. The molecule has 0 radical (unpaired) electrons. The maximum absolute atomic E-state index is 12.9. The van der Waals surface area contributed by atoms with E-state index in [1.165, 1.54) is 7.11 Å². The number of nitrogens with zero attached hydrogens (tertiary/aromatic N) is 1. The number of methoxy groups -OCH3 is 2. The Hall–Kier alpha value is -4.73. The van der Waals surface area contributed by atoms with Crippen molar-refractivity contribution in [2.75, 3.05) is 43.0 Å². The molecule has 3 aromatic rings. The van der Waals surface area contributed by atoms with E-state index in [2.05, 4.69) is 16.2 Å². The number of amides is 3. The van der Waals surface area contributed by atoms with E-state index in [4.69, 9.17) is 14.2 Å². The first-order valence-corrected chi connectivity index (χ1v) is 12.0. The number of carbonyl (C=O) groups is 3. The van der Waals surface area contributed by atoms with Crippen LogP contribution >= 0.6 is 0 Å². The number of rotatable bonds is 10. The summed E-state index contributed by atoms with van der Waals surface area (Å²) in [6.45, 7) is 1.88. The van der Waals surface area contributed by atoms with Gasteiger partial charge in [0.1, 0.15) is 5.75 Å². The summed E-state index contributed by atoms with van der Waals surface area (Å²) >= 11 is 0. The first kappa shape index (κ1) is 26.3. The number of ether oxygens (including phenoxy) is 3. The fourth-order valence-corrected chi connectivity index (χ4v) is 4.09. The summed E-state index contributed by atoms with van der Waals surface area (Å²) < 4.78 is 16.3. The molecule has 3 N–H and O–H groups in total. The number of aryl methyl sites for hydroxylation is 1. The highest BCUT2D eigenvalue weighted by molar-refractivity contribution is 6.00. The average molecular weight is 519 g/mol. The van der Waals surface area contributed by atoms with Crippen LogP contribution in [0.25, 0.3) is 0 Å². The average Bonchev–Trinajstić information content (AvgIpc) is 3.33. The van der Waals surface area contributed by atoms with Crippen molar-refractivity contribution in [2.45, 2.75) is 13.3 Å². The quantitative estimate of drug-likeness (QED) is 0.352. The molecule has 0 spiro atoms. The Kier molecular flexibility index (Phi) is 8.32. The molecular formula is C28H30N4O6. The number of para-hydroxylation sites is 2. The molecule has 1 saturated heterocycles. The van der Waals surface area contributed by atoms with Crippen molar-refractivity contribution in [3.05, 3.63) is 72.3 Å². The van der Waals surface area contributed by atoms with Crippen LogP contribution in [0.15, 0.2) is 66.7 Å². The van der Waals surface area contributed by atoms with Crippen LogP contribution in [0.4, 0.5) is 17.1 Å². The molecule has 1 atom stereocenters. The van der Waals surface area contributed by atoms with Crippen LogP contribution < -0.4 is 35.3 Å². The van der Waals surface area contributed by atoms with Crippen molar-refractivity contribution >= 4 is 34.8 Å². The van der Waals surface area contributed by atoms with Gasteiger partial charge < -0.3 is 24.4 Å². The van der Waals surface area contributed by atoms with Crippen molar-refractivity contribution < 1.29 is 28.6 Å². The Bertz CT molecular complexity index is 1310. The molecule has 0 bridgehead atoms. The molecule has 0 saturated carbocycles. The minimum Gasteiger partial charge on any atom is -0.497 e. The van der Waals surface area contributed by atoms with Gasteiger partial charge in [-0.3, -0.25) is 25.2 Å². The van der Waals surface area contributed by atoms with Gasteiger partial charge in [-0.2, -0.15) is 0 Å². The fourth-order valence-electron chi connectivity index (χ4n) is 4.09. The summed E-state index contributed by atoms with van der Waals surface area (Å²) in [6.07, 6.45) is 0.0834. The van der Waals surface area contributed by atoms with Gasteiger partial charge in [0.05, 0.1) is 25.8 Å². The molecule has 0 unspecified atom stereocenters. The lowest BCUT2D eigenvalue weighted by Gasteiger charge is -2.19. The van der Waals surface area contributed by atoms with Crippen LogP contribution in [0.1, 0.15) is 12.0 Å². The zero-order valence-corrected chi connectivity index (χ0v) is 21.4. The van der Waals surface area contributed by atoms with Gasteiger partial charge in [-0.1, -0.05) is 24.3 Å². The van der Waals surface area contributed by atoms with Crippen LogP contribution in [0.3, 0.4) is 0 Å². The van der Waals surface area contributed by atoms with E-state index in [1.807, 2.05) is 31.2 Å². The van der Waals surface area contributed by atoms with Crippen molar-refractivity contribution in [3.8, 4) is 17.2 Å². The summed E-state index contributed by atoms with van der Waals surface area (Å²) in [5, 5.41) is 2.81. The second-order valence-electron chi connectivity index (χ2n) is 8.71. The van der Waals surface area contributed by atoms with Crippen molar-refractivity contribution in [1.29, 1.82) is 0 Å². The van der Waals surface area contributed by atoms with Gasteiger partial charge in [0.15, 0.2) is 18.1 Å². The van der Waals surface area contributed by atoms with Gasteiger partial charge in [0.2, 0.25) is 11.8 Å². The normalized spacial score (nSPS) is 14.6. The van der Waals surface area contributed by atoms with E-state index >= 15 is 0 Å². The molecule has 10 heteroatoms. The van der Waals surface area contributed by atoms with Gasteiger partial charge in [0, 0.05) is 24.3 Å². The Labute approximate surface area is 220 Å². The predicted molar refractivity (Wildman–Crippen MR) is 144 cm³/mol. The van der Waals surface area contributed by atoms with Crippen molar-refractivity contribution in [1.82, 2.24) is 5.43 Å². The number of hydrazine groups is 1. The summed E-state index contributed by atoms with van der Waals surface area (Å²) in [5.74, 6) is -0.0498. The molecule has 1 aliphatic heterocycles. The maximum Gasteiger partial charge on any atom is 0.262 e. The third kappa shape index (κ3) is 6.15. The minimum absolute atomic E-state index is 0.0834. The Morgan fingerprint density at radius 3 is 2.39 bits per heavy atom. The third-order valence-electron chi connectivity index (χ3n) is 6.17. The van der Waals surface area contributed by atoms with Crippen LogP contribution in [0, 0.1) is 12.8 Å². The lowest BCUT2D eigenvalue weighted by molar-refractivity contribution is -0.125. The lowest BCUT2D eigenvalue weighted by atomic mass is 10.1. The second-order valence-corrected chi connectivity index (χ2v) is 8.71. The Morgan fingerprint density at radius 1 is 0.947 bits per heavy atom. The number of hydrogen-bond donors (Lipinski definition) is 3. The molecule has 10 nitrogen and oxygen atoms in total. The van der Waals surface area contributed by atoms with Crippen LogP contribution in [-0.2, 0) is 14.4 Å². The smallest absolute Gasteiger partial charge is 0.262 e. The summed E-state index contributed by atoms with van der Waals surface area (Å²) in [6, 6.07) is 19.6. The fraction of sp³-hybridized carbons (Fsp3) is 0.250. The van der Waals surface area contributed by atoms with E-state index in [9.17, 15) is 14.4 Å². The summed E-state index contributed by atoms with van der Waals surface area (Å²) in [5.41, 5.74) is 8.23. The number of hydrogen-bond acceptors (Lipinski definition) is 7. The molecule has 3 amide bonds. The zero-order valence-electron chi connectivity index (χ0n) is 21.4. The van der Waals surface area contributed by atoms with E-state index in [0.29, 0.717) is 28.6 Å². The molecule has 4 rings (SSSR count). The molecule has 38 heavy (non-hydrogen) atoms. The van der Waals surface area contributed by atoms with Crippen molar-refractivity contribution in [3.63, 3.8) is 0 Å². The topological polar surface area (TPSA) is 118 Å². The lowest BCUT2D eigenvalue weighted by Crippen LogP contribution is -2.36. The minimum atomic E-state index is -0.549.